The first kappa shape index (κ1) is 23.8. The third-order valence-electron chi connectivity index (χ3n) is 5.14. The number of hydrogen-bond donors (Lipinski definition) is 1. The lowest BCUT2D eigenvalue weighted by Crippen LogP contribution is -2.41. The van der Waals surface area contributed by atoms with Crippen molar-refractivity contribution in [3.63, 3.8) is 0 Å². The summed E-state index contributed by atoms with van der Waals surface area (Å²) in [5.41, 5.74) is 0.0223. The van der Waals surface area contributed by atoms with E-state index < -0.39 is 26.0 Å². The van der Waals surface area contributed by atoms with Crippen LogP contribution in [0.2, 0.25) is 19.6 Å². The van der Waals surface area contributed by atoms with Crippen molar-refractivity contribution in [2.45, 2.75) is 69.5 Å². The Bertz CT molecular complexity index is 902. The van der Waals surface area contributed by atoms with E-state index in [4.69, 9.17) is 20.6 Å². The highest BCUT2D eigenvalue weighted by Crippen LogP contribution is 2.33. The normalized spacial score (nSPS) is 20.0. The van der Waals surface area contributed by atoms with Crippen molar-refractivity contribution < 1.29 is 26.9 Å². The molecule has 5 nitrogen and oxygen atoms in total. The van der Waals surface area contributed by atoms with Crippen LogP contribution in [0.5, 0.6) is 0 Å². The topological polar surface area (TPSA) is 64.4 Å². The van der Waals surface area contributed by atoms with Crippen LogP contribution in [0.25, 0.3) is 11.3 Å². The summed E-state index contributed by atoms with van der Waals surface area (Å²) >= 11 is 6.03. The molecule has 1 aliphatic rings. The van der Waals surface area contributed by atoms with Crippen molar-refractivity contribution in [2.75, 3.05) is 0 Å². The van der Waals surface area contributed by atoms with Crippen LogP contribution in [0, 0.1) is 0 Å². The average molecular weight is 475 g/mol. The first-order chi connectivity index (χ1) is 14.5. The van der Waals surface area contributed by atoms with Crippen molar-refractivity contribution in [3.8, 4) is 11.3 Å². The van der Waals surface area contributed by atoms with E-state index in [0.29, 0.717) is 11.1 Å². The second-order valence-corrected chi connectivity index (χ2v) is 13.5. The molecule has 10 heteroatoms. The molecule has 1 amide bonds. The van der Waals surface area contributed by atoms with E-state index in [0.717, 1.165) is 37.8 Å². The van der Waals surface area contributed by atoms with Gasteiger partial charge in [0, 0.05) is 23.3 Å². The molecule has 0 aliphatic heterocycles. The summed E-state index contributed by atoms with van der Waals surface area (Å²) < 4.78 is 49.8. The standard InChI is InChI=1S/C21H26ClF3N2O3Si/c1-31(2,3)30-16-10-8-15(9-11-16)26-20(28)18-17(12-22)19(29-27-18)13-4-6-14(7-5-13)21(23,24)25/h4-7,15-16H,8-12H2,1-3H3,(H,26,28)/t15-,16-. The lowest BCUT2D eigenvalue weighted by Gasteiger charge is -2.33. The van der Waals surface area contributed by atoms with Crippen molar-refractivity contribution in [3.05, 3.63) is 41.1 Å². The van der Waals surface area contributed by atoms with Gasteiger partial charge in [-0.3, -0.25) is 4.79 Å². The van der Waals surface area contributed by atoms with E-state index in [1.165, 1.54) is 12.1 Å². The molecule has 0 radical (unpaired) electrons. The van der Waals surface area contributed by atoms with Gasteiger partial charge in [0.2, 0.25) is 0 Å². The molecular weight excluding hydrogens is 449 g/mol. The molecule has 1 aromatic heterocycles. The molecule has 3 rings (SSSR count). The van der Waals surface area contributed by atoms with Crippen LogP contribution in [-0.4, -0.2) is 31.5 Å². The van der Waals surface area contributed by atoms with Crippen molar-refractivity contribution in [2.24, 2.45) is 0 Å². The third-order valence-corrected chi connectivity index (χ3v) is 6.45. The number of aromatic nitrogens is 1. The maximum absolute atomic E-state index is 12.8. The summed E-state index contributed by atoms with van der Waals surface area (Å²) in [5, 5.41) is 6.82. The Balaban J connectivity index is 1.67. The van der Waals surface area contributed by atoms with Gasteiger partial charge in [-0.05, 0) is 57.5 Å². The Hall–Kier alpha value is -1.84. The third kappa shape index (κ3) is 6.11. The fourth-order valence-corrected chi connectivity index (χ4v) is 5.21. The Labute approximate surface area is 185 Å². The summed E-state index contributed by atoms with van der Waals surface area (Å²) in [6.07, 6.45) is -0.821. The molecule has 0 bridgehead atoms. The van der Waals surface area contributed by atoms with Gasteiger partial charge in [0.25, 0.3) is 5.91 Å². The lowest BCUT2D eigenvalue weighted by molar-refractivity contribution is -0.137. The minimum absolute atomic E-state index is 0.00313. The second kappa shape index (κ2) is 9.34. The Kier molecular flexibility index (Phi) is 7.17. The maximum Gasteiger partial charge on any atom is 0.416 e. The molecule has 0 saturated heterocycles. The highest BCUT2D eigenvalue weighted by Gasteiger charge is 2.31. The SMILES string of the molecule is C[Si](C)(C)O[C@H]1CC[C@H](NC(=O)c2noc(-c3ccc(C(F)(F)F)cc3)c2CCl)CC1. The number of nitrogens with one attached hydrogen (secondary N) is 1. The number of carbonyl (C=O) groups excluding carboxylic acids is 1. The minimum atomic E-state index is -4.43. The molecule has 1 N–H and O–H groups in total. The largest absolute Gasteiger partial charge is 0.416 e. The van der Waals surface area contributed by atoms with Crippen molar-refractivity contribution >= 4 is 25.8 Å². The van der Waals surface area contributed by atoms with Crippen LogP contribution in [0.4, 0.5) is 13.2 Å². The molecular formula is C21H26ClF3N2O3Si. The smallest absolute Gasteiger partial charge is 0.415 e. The fourth-order valence-electron chi connectivity index (χ4n) is 3.73. The van der Waals surface area contributed by atoms with Crippen LogP contribution in [0.15, 0.2) is 28.8 Å². The number of nitrogens with zero attached hydrogens (tertiary/aromatic N) is 1. The monoisotopic (exact) mass is 474 g/mol. The van der Waals surface area contributed by atoms with Gasteiger partial charge in [0.15, 0.2) is 19.8 Å². The van der Waals surface area contributed by atoms with Crippen LogP contribution in [0.3, 0.4) is 0 Å². The van der Waals surface area contributed by atoms with E-state index in [2.05, 4.69) is 30.1 Å². The molecule has 1 aromatic carbocycles. The fraction of sp³-hybridized carbons (Fsp3) is 0.524. The first-order valence-electron chi connectivity index (χ1n) is 10.2. The zero-order chi connectivity index (χ0) is 22.8. The van der Waals surface area contributed by atoms with E-state index >= 15 is 0 Å². The molecule has 1 heterocycles. The van der Waals surface area contributed by atoms with Crippen LogP contribution in [0.1, 0.15) is 47.3 Å². The number of amides is 1. The summed E-state index contributed by atoms with van der Waals surface area (Å²) in [4.78, 5) is 12.8. The van der Waals surface area contributed by atoms with Crippen molar-refractivity contribution in [1.29, 1.82) is 0 Å². The number of alkyl halides is 4. The maximum atomic E-state index is 12.8. The Morgan fingerprint density at radius 2 is 1.81 bits per heavy atom. The molecule has 1 aliphatic carbocycles. The van der Waals surface area contributed by atoms with Crippen LogP contribution >= 0.6 is 11.6 Å². The van der Waals surface area contributed by atoms with E-state index in [-0.39, 0.29) is 29.5 Å². The summed E-state index contributed by atoms with van der Waals surface area (Å²) in [6.45, 7) is 6.48. The predicted octanol–water partition coefficient (Wildman–Crippen LogP) is 5.99. The van der Waals surface area contributed by atoms with Crippen molar-refractivity contribution in [1.82, 2.24) is 10.5 Å². The van der Waals surface area contributed by atoms with Crippen LogP contribution in [-0.2, 0) is 16.5 Å². The summed E-state index contributed by atoms with van der Waals surface area (Å²) in [7, 11) is -1.59. The zero-order valence-corrected chi connectivity index (χ0v) is 19.4. The number of benzene rings is 1. The number of halogens is 4. The Morgan fingerprint density at radius 1 is 1.19 bits per heavy atom. The van der Waals surface area contributed by atoms with Gasteiger partial charge in [-0.25, -0.2) is 0 Å². The van der Waals surface area contributed by atoms with Gasteiger partial charge in [0.1, 0.15) is 0 Å². The van der Waals surface area contributed by atoms with E-state index in [9.17, 15) is 18.0 Å². The predicted molar refractivity (Wildman–Crippen MR) is 114 cm³/mol. The lowest BCUT2D eigenvalue weighted by atomic mass is 9.93. The molecule has 31 heavy (non-hydrogen) atoms. The quantitative estimate of drug-likeness (QED) is 0.412. The highest BCUT2D eigenvalue weighted by atomic mass is 35.5. The molecule has 0 unspecified atom stereocenters. The van der Waals surface area contributed by atoms with E-state index in [1.54, 1.807) is 0 Å². The van der Waals surface area contributed by atoms with E-state index in [1.807, 2.05) is 0 Å². The Morgan fingerprint density at radius 3 is 2.32 bits per heavy atom. The number of carbonyl (C=O) groups is 1. The summed E-state index contributed by atoms with van der Waals surface area (Å²) in [5.74, 6) is -0.257. The highest BCUT2D eigenvalue weighted by molar-refractivity contribution is 6.69. The molecule has 0 atom stereocenters. The average Bonchev–Trinajstić information content (AvgIpc) is 3.12. The first-order valence-corrected chi connectivity index (χ1v) is 14.1. The minimum Gasteiger partial charge on any atom is -0.415 e. The molecule has 1 fully saturated rings. The van der Waals surface area contributed by atoms with Gasteiger partial charge in [-0.15, -0.1) is 11.6 Å². The van der Waals surface area contributed by atoms with Gasteiger partial charge in [-0.1, -0.05) is 17.3 Å². The molecule has 0 spiro atoms. The molecule has 2 aromatic rings. The molecule has 1 saturated carbocycles. The zero-order valence-electron chi connectivity index (χ0n) is 17.7. The number of rotatable bonds is 6. The van der Waals surface area contributed by atoms with Gasteiger partial charge in [0.05, 0.1) is 11.4 Å². The van der Waals surface area contributed by atoms with Gasteiger partial charge < -0.3 is 14.3 Å². The van der Waals surface area contributed by atoms with Gasteiger partial charge in [-0.2, -0.15) is 13.2 Å². The number of hydrogen-bond acceptors (Lipinski definition) is 4. The van der Waals surface area contributed by atoms with Crippen LogP contribution < -0.4 is 5.32 Å². The second-order valence-electron chi connectivity index (χ2n) is 8.72. The van der Waals surface area contributed by atoms with Gasteiger partial charge >= 0.3 is 6.18 Å². The summed E-state index contributed by atoms with van der Waals surface area (Å²) in [6, 6.07) is 4.47. The molecule has 170 valence electrons.